The highest BCUT2D eigenvalue weighted by molar-refractivity contribution is 6.19. The third kappa shape index (κ3) is 4.84. The summed E-state index contributed by atoms with van der Waals surface area (Å²) in [6.45, 7) is 0. The van der Waals surface area contributed by atoms with E-state index in [1.165, 1.54) is 5.56 Å². The molecule has 0 aliphatic heterocycles. The standard InChI is InChI=1S/C43H27N3O/c1-4-12-28(13-5-1)29-20-22-32(23-21-29)43-45-37(30-14-6-2-7-15-30)27-38(46-43)33-24-25-36-35(26-33)42-40(34-18-10-11-19-39(34)47-42)41(44-36)31-16-8-3-9-17-31/h1-27H. The minimum atomic E-state index is 0.674. The van der Waals surface area contributed by atoms with Crippen molar-refractivity contribution in [2.75, 3.05) is 0 Å². The number of fused-ring (bicyclic) bond motifs is 5. The van der Waals surface area contributed by atoms with Crippen molar-refractivity contribution in [3.63, 3.8) is 0 Å². The zero-order valence-corrected chi connectivity index (χ0v) is 25.3. The molecule has 4 nitrogen and oxygen atoms in total. The number of benzene rings is 6. The van der Waals surface area contributed by atoms with Crippen LogP contribution in [0.2, 0.25) is 0 Å². The van der Waals surface area contributed by atoms with Gasteiger partial charge in [0, 0.05) is 33.0 Å². The predicted molar refractivity (Wildman–Crippen MR) is 192 cm³/mol. The van der Waals surface area contributed by atoms with E-state index in [4.69, 9.17) is 19.4 Å². The van der Waals surface area contributed by atoms with Gasteiger partial charge in [0.15, 0.2) is 5.82 Å². The van der Waals surface area contributed by atoms with Crippen molar-refractivity contribution < 1.29 is 4.42 Å². The molecule has 0 fully saturated rings. The lowest BCUT2D eigenvalue weighted by molar-refractivity contribution is 0.672. The second-order valence-corrected chi connectivity index (χ2v) is 11.6. The quantitative estimate of drug-likeness (QED) is 0.197. The van der Waals surface area contributed by atoms with Gasteiger partial charge in [-0.3, -0.25) is 0 Å². The Hall–Kier alpha value is -6.39. The molecule has 6 aromatic carbocycles. The minimum Gasteiger partial charge on any atom is -0.455 e. The number of nitrogens with zero attached hydrogens (tertiary/aromatic N) is 3. The van der Waals surface area contributed by atoms with Crippen LogP contribution in [0.1, 0.15) is 0 Å². The topological polar surface area (TPSA) is 51.8 Å². The molecule has 0 unspecified atom stereocenters. The van der Waals surface area contributed by atoms with E-state index in [0.29, 0.717) is 5.82 Å². The molecule has 47 heavy (non-hydrogen) atoms. The van der Waals surface area contributed by atoms with Crippen LogP contribution in [0.15, 0.2) is 168 Å². The van der Waals surface area contributed by atoms with Crippen LogP contribution >= 0.6 is 0 Å². The maximum absolute atomic E-state index is 6.58. The van der Waals surface area contributed by atoms with Crippen LogP contribution in [-0.4, -0.2) is 15.0 Å². The molecule has 0 saturated heterocycles. The van der Waals surface area contributed by atoms with Crippen molar-refractivity contribution in [1.82, 2.24) is 15.0 Å². The van der Waals surface area contributed by atoms with E-state index in [0.717, 1.165) is 77.7 Å². The minimum absolute atomic E-state index is 0.674. The lowest BCUT2D eigenvalue weighted by atomic mass is 10.00. The van der Waals surface area contributed by atoms with Crippen LogP contribution in [0.5, 0.6) is 0 Å². The smallest absolute Gasteiger partial charge is 0.160 e. The summed E-state index contributed by atoms with van der Waals surface area (Å²) in [5, 5.41) is 3.01. The molecular formula is C43H27N3O. The molecule has 9 aromatic rings. The highest BCUT2D eigenvalue weighted by atomic mass is 16.3. The van der Waals surface area contributed by atoms with Gasteiger partial charge in [-0.2, -0.15) is 0 Å². The molecule has 3 heterocycles. The molecule has 0 amide bonds. The van der Waals surface area contributed by atoms with E-state index >= 15 is 0 Å². The van der Waals surface area contributed by atoms with Gasteiger partial charge in [0.25, 0.3) is 0 Å². The summed E-state index contributed by atoms with van der Waals surface area (Å²) < 4.78 is 6.58. The van der Waals surface area contributed by atoms with Gasteiger partial charge in [0.05, 0.1) is 28.0 Å². The van der Waals surface area contributed by atoms with Gasteiger partial charge in [0.1, 0.15) is 11.2 Å². The predicted octanol–water partition coefficient (Wildman–Crippen LogP) is 11.3. The molecule has 0 bridgehead atoms. The van der Waals surface area contributed by atoms with Crippen molar-refractivity contribution in [3.8, 4) is 56.3 Å². The normalized spacial score (nSPS) is 11.4. The van der Waals surface area contributed by atoms with Gasteiger partial charge < -0.3 is 4.42 Å². The van der Waals surface area contributed by atoms with E-state index in [2.05, 4.69) is 103 Å². The molecule has 4 heteroatoms. The van der Waals surface area contributed by atoms with Crippen LogP contribution in [0.25, 0.3) is 89.1 Å². The Morgan fingerprint density at radius 3 is 1.66 bits per heavy atom. The highest BCUT2D eigenvalue weighted by Crippen LogP contribution is 2.40. The monoisotopic (exact) mass is 601 g/mol. The average molecular weight is 602 g/mol. The second kappa shape index (κ2) is 11.2. The SMILES string of the molecule is c1ccc(-c2ccc(-c3nc(-c4ccccc4)cc(-c4ccc5nc(-c6ccccc6)c6c7ccccc7oc6c5c4)n3)cc2)cc1. The van der Waals surface area contributed by atoms with Crippen LogP contribution in [0, 0.1) is 0 Å². The summed E-state index contributed by atoms with van der Waals surface area (Å²) in [7, 11) is 0. The maximum Gasteiger partial charge on any atom is 0.160 e. The number of hydrogen-bond acceptors (Lipinski definition) is 4. The van der Waals surface area contributed by atoms with E-state index in [1.54, 1.807) is 0 Å². The van der Waals surface area contributed by atoms with E-state index in [1.807, 2.05) is 60.7 Å². The van der Waals surface area contributed by atoms with Crippen LogP contribution < -0.4 is 0 Å². The first kappa shape index (κ1) is 27.0. The summed E-state index contributed by atoms with van der Waals surface area (Å²) >= 11 is 0. The first-order chi connectivity index (χ1) is 23.3. The molecule has 0 radical (unpaired) electrons. The van der Waals surface area contributed by atoms with E-state index in [-0.39, 0.29) is 0 Å². The molecule has 0 aliphatic rings. The Bertz CT molecular complexity index is 2540. The van der Waals surface area contributed by atoms with Gasteiger partial charge in [-0.1, -0.05) is 140 Å². The fourth-order valence-electron chi connectivity index (χ4n) is 6.35. The van der Waals surface area contributed by atoms with Gasteiger partial charge in [-0.15, -0.1) is 0 Å². The summed E-state index contributed by atoms with van der Waals surface area (Å²) in [4.78, 5) is 15.4. The van der Waals surface area contributed by atoms with Gasteiger partial charge >= 0.3 is 0 Å². The molecule has 0 spiro atoms. The molecular weight excluding hydrogens is 574 g/mol. The first-order valence-electron chi connectivity index (χ1n) is 15.7. The Morgan fingerprint density at radius 1 is 0.383 bits per heavy atom. The second-order valence-electron chi connectivity index (χ2n) is 11.6. The van der Waals surface area contributed by atoms with Crippen molar-refractivity contribution in [1.29, 1.82) is 0 Å². The third-order valence-electron chi connectivity index (χ3n) is 8.69. The molecule has 9 rings (SSSR count). The fraction of sp³-hybridized carbons (Fsp3) is 0. The van der Waals surface area contributed by atoms with Crippen LogP contribution in [-0.2, 0) is 0 Å². The molecule has 0 N–H and O–H groups in total. The first-order valence-corrected chi connectivity index (χ1v) is 15.7. The zero-order valence-electron chi connectivity index (χ0n) is 25.3. The Balaban J connectivity index is 1.23. The Morgan fingerprint density at radius 2 is 0.936 bits per heavy atom. The average Bonchev–Trinajstić information content (AvgIpc) is 3.55. The van der Waals surface area contributed by atoms with Gasteiger partial charge in [0.2, 0.25) is 0 Å². The van der Waals surface area contributed by atoms with Crippen molar-refractivity contribution in [3.05, 3.63) is 164 Å². The summed E-state index contributed by atoms with van der Waals surface area (Å²) in [6.07, 6.45) is 0. The third-order valence-corrected chi connectivity index (χ3v) is 8.69. The molecule has 220 valence electrons. The molecule has 0 saturated carbocycles. The summed E-state index contributed by atoms with van der Waals surface area (Å²) in [6, 6.07) is 56.0. The van der Waals surface area contributed by atoms with Crippen molar-refractivity contribution >= 4 is 32.8 Å². The van der Waals surface area contributed by atoms with Gasteiger partial charge in [-0.25, -0.2) is 15.0 Å². The number of furan rings is 1. The molecule has 0 aliphatic carbocycles. The largest absolute Gasteiger partial charge is 0.455 e. The van der Waals surface area contributed by atoms with Crippen LogP contribution in [0.3, 0.4) is 0 Å². The number of para-hydroxylation sites is 1. The number of hydrogen-bond donors (Lipinski definition) is 0. The summed E-state index contributed by atoms with van der Waals surface area (Å²) in [5.41, 5.74) is 11.5. The Labute approximate surface area is 271 Å². The lowest BCUT2D eigenvalue weighted by Crippen LogP contribution is -1.96. The molecule has 3 aromatic heterocycles. The number of aromatic nitrogens is 3. The van der Waals surface area contributed by atoms with Crippen molar-refractivity contribution in [2.24, 2.45) is 0 Å². The highest BCUT2D eigenvalue weighted by Gasteiger charge is 2.19. The Kier molecular flexibility index (Phi) is 6.43. The van der Waals surface area contributed by atoms with Gasteiger partial charge in [-0.05, 0) is 35.4 Å². The number of pyridine rings is 1. The van der Waals surface area contributed by atoms with E-state index in [9.17, 15) is 0 Å². The van der Waals surface area contributed by atoms with Crippen molar-refractivity contribution in [2.45, 2.75) is 0 Å². The van der Waals surface area contributed by atoms with Crippen LogP contribution in [0.4, 0.5) is 0 Å². The van der Waals surface area contributed by atoms with E-state index < -0.39 is 0 Å². The molecule has 0 atom stereocenters. The lowest BCUT2D eigenvalue weighted by Gasteiger charge is -2.11. The summed E-state index contributed by atoms with van der Waals surface area (Å²) in [5.74, 6) is 0.674. The zero-order chi connectivity index (χ0) is 31.2. The fourth-order valence-corrected chi connectivity index (χ4v) is 6.35. The maximum atomic E-state index is 6.58. The number of rotatable bonds is 5.